The number of hydrogen-bond acceptors (Lipinski definition) is 3. The summed E-state index contributed by atoms with van der Waals surface area (Å²) in [5.74, 6) is -0.0953. The topological polar surface area (TPSA) is 29.5 Å². The summed E-state index contributed by atoms with van der Waals surface area (Å²) in [6.07, 6.45) is 5.97. The van der Waals surface area contributed by atoms with Gasteiger partial charge in [-0.05, 0) is 48.9 Å². The monoisotopic (exact) mass is 377 g/mol. The van der Waals surface area contributed by atoms with Crippen LogP contribution in [0.1, 0.15) is 49.7 Å². The first-order valence-corrected chi connectivity index (χ1v) is 10.4. The number of unbranched alkanes of at least 4 members (excludes halogenated alkanes) is 2. The predicted octanol–water partition coefficient (Wildman–Crippen LogP) is 5.32. The first kappa shape index (κ1) is 20.3. The molecule has 0 aliphatic carbocycles. The highest BCUT2D eigenvalue weighted by Gasteiger charge is 2.18. The van der Waals surface area contributed by atoms with Crippen molar-refractivity contribution in [2.24, 2.45) is 0 Å². The predicted molar refractivity (Wildman–Crippen MR) is 115 cm³/mol. The standard InChI is InChI=1S/C25H31NO2/c1-28-24(27)15-9-4-10-18-26-19-16-23(17-20-26)25(21-11-5-2-6-12-21)22-13-7-3-8-14-22/h2-3,5-8,11-14H,4,9-10,15-20H2,1H3. The van der Waals surface area contributed by atoms with E-state index in [9.17, 15) is 4.79 Å². The average molecular weight is 378 g/mol. The Hall–Kier alpha value is -2.39. The maximum absolute atomic E-state index is 11.2. The van der Waals surface area contributed by atoms with E-state index in [1.807, 2.05) is 0 Å². The summed E-state index contributed by atoms with van der Waals surface area (Å²) in [5.41, 5.74) is 5.62. The van der Waals surface area contributed by atoms with Crippen LogP contribution in [0.2, 0.25) is 0 Å². The van der Waals surface area contributed by atoms with E-state index in [0.717, 1.165) is 51.7 Å². The molecule has 1 aliphatic rings. The zero-order chi connectivity index (χ0) is 19.6. The number of rotatable bonds is 8. The van der Waals surface area contributed by atoms with Crippen LogP contribution in [0.5, 0.6) is 0 Å². The van der Waals surface area contributed by atoms with Crippen molar-refractivity contribution in [3.05, 3.63) is 77.4 Å². The molecule has 148 valence electrons. The summed E-state index contributed by atoms with van der Waals surface area (Å²) in [7, 11) is 1.46. The molecule has 28 heavy (non-hydrogen) atoms. The fourth-order valence-corrected chi connectivity index (χ4v) is 3.96. The highest BCUT2D eigenvalue weighted by molar-refractivity contribution is 5.82. The molecule has 1 saturated heterocycles. The normalized spacial score (nSPS) is 14.7. The molecule has 0 bridgehead atoms. The third kappa shape index (κ3) is 5.80. The van der Waals surface area contributed by atoms with Gasteiger partial charge in [0.05, 0.1) is 7.11 Å². The Balaban J connectivity index is 1.59. The van der Waals surface area contributed by atoms with Gasteiger partial charge in [-0.2, -0.15) is 0 Å². The fraction of sp³-hybridized carbons (Fsp3) is 0.400. The molecule has 0 N–H and O–H groups in total. The number of piperidine rings is 1. The Kier molecular flexibility index (Phi) is 7.86. The number of hydrogen-bond donors (Lipinski definition) is 0. The van der Waals surface area contributed by atoms with Crippen LogP contribution >= 0.6 is 0 Å². The van der Waals surface area contributed by atoms with Crippen LogP contribution in [0.3, 0.4) is 0 Å². The van der Waals surface area contributed by atoms with E-state index in [1.54, 1.807) is 5.57 Å². The zero-order valence-electron chi connectivity index (χ0n) is 16.9. The molecule has 2 aromatic carbocycles. The van der Waals surface area contributed by atoms with Crippen molar-refractivity contribution in [1.29, 1.82) is 0 Å². The molecule has 3 heteroatoms. The molecule has 0 saturated carbocycles. The summed E-state index contributed by atoms with van der Waals surface area (Å²) >= 11 is 0. The van der Waals surface area contributed by atoms with Crippen molar-refractivity contribution in [1.82, 2.24) is 4.90 Å². The number of methoxy groups -OCH3 is 1. The van der Waals surface area contributed by atoms with Crippen molar-refractivity contribution < 1.29 is 9.53 Å². The number of likely N-dealkylation sites (tertiary alicyclic amines) is 1. The second-order valence-electron chi connectivity index (χ2n) is 7.44. The first-order valence-electron chi connectivity index (χ1n) is 10.4. The fourth-order valence-electron chi connectivity index (χ4n) is 3.96. The molecule has 2 aromatic rings. The summed E-state index contributed by atoms with van der Waals surface area (Å²) in [5, 5.41) is 0. The molecule has 1 heterocycles. The SMILES string of the molecule is COC(=O)CCCCCN1CCC(=C(c2ccccc2)c2ccccc2)CC1. The van der Waals surface area contributed by atoms with Crippen LogP contribution in [0.25, 0.3) is 5.57 Å². The van der Waals surface area contributed by atoms with Crippen molar-refractivity contribution in [3.63, 3.8) is 0 Å². The van der Waals surface area contributed by atoms with Crippen LogP contribution in [-0.4, -0.2) is 37.6 Å². The number of nitrogens with zero attached hydrogens (tertiary/aromatic N) is 1. The number of benzene rings is 2. The van der Waals surface area contributed by atoms with Gasteiger partial charge in [0, 0.05) is 19.5 Å². The molecule has 0 amide bonds. The smallest absolute Gasteiger partial charge is 0.305 e. The molecule has 0 radical (unpaired) electrons. The minimum atomic E-state index is -0.0953. The molecule has 1 aliphatic heterocycles. The van der Waals surface area contributed by atoms with Crippen molar-refractivity contribution >= 4 is 11.5 Å². The highest BCUT2D eigenvalue weighted by atomic mass is 16.5. The van der Waals surface area contributed by atoms with Crippen LogP contribution in [-0.2, 0) is 9.53 Å². The zero-order valence-corrected chi connectivity index (χ0v) is 16.9. The number of carbonyl (C=O) groups excluding carboxylic acids is 1. The maximum atomic E-state index is 11.2. The highest BCUT2D eigenvalue weighted by Crippen LogP contribution is 2.32. The lowest BCUT2D eigenvalue weighted by molar-refractivity contribution is -0.140. The minimum Gasteiger partial charge on any atom is -0.469 e. The molecule has 1 fully saturated rings. The van der Waals surface area contributed by atoms with Gasteiger partial charge in [-0.15, -0.1) is 0 Å². The van der Waals surface area contributed by atoms with Crippen LogP contribution in [0.4, 0.5) is 0 Å². The molecule has 3 rings (SSSR count). The Morgan fingerprint density at radius 3 is 1.96 bits per heavy atom. The molecular formula is C25H31NO2. The summed E-state index contributed by atoms with van der Waals surface area (Å²) in [4.78, 5) is 13.7. The Morgan fingerprint density at radius 2 is 1.43 bits per heavy atom. The van der Waals surface area contributed by atoms with Gasteiger partial charge in [-0.1, -0.05) is 72.7 Å². The molecular weight excluding hydrogens is 346 g/mol. The summed E-state index contributed by atoms with van der Waals surface area (Å²) in [6.45, 7) is 3.37. The van der Waals surface area contributed by atoms with E-state index < -0.39 is 0 Å². The second kappa shape index (κ2) is 10.8. The van der Waals surface area contributed by atoms with Gasteiger partial charge in [0.25, 0.3) is 0 Å². The maximum Gasteiger partial charge on any atom is 0.305 e. The number of esters is 1. The Labute approximate surface area is 169 Å². The lowest BCUT2D eigenvalue weighted by Crippen LogP contribution is -2.32. The van der Waals surface area contributed by atoms with Gasteiger partial charge < -0.3 is 9.64 Å². The van der Waals surface area contributed by atoms with Gasteiger partial charge in [0.15, 0.2) is 0 Å². The van der Waals surface area contributed by atoms with E-state index >= 15 is 0 Å². The molecule has 3 nitrogen and oxygen atoms in total. The lowest BCUT2D eigenvalue weighted by Gasteiger charge is -2.30. The quantitative estimate of drug-likeness (QED) is 0.461. The molecule has 0 unspecified atom stereocenters. The minimum absolute atomic E-state index is 0.0953. The number of carbonyl (C=O) groups is 1. The van der Waals surface area contributed by atoms with Crippen LogP contribution in [0, 0.1) is 0 Å². The third-order valence-corrected chi connectivity index (χ3v) is 5.52. The van der Waals surface area contributed by atoms with Gasteiger partial charge in [-0.25, -0.2) is 0 Å². The number of ether oxygens (including phenoxy) is 1. The van der Waals surface area contributed by atoms with Gasteiger partial charge in [0.1, 0.15) is 0 Å². The van der Waals surface area contributed by atoms with E-state index in [2.05, 4.69) is 65.6 Å². The first-order chi connectivity index (χ1) is 13.8. The Bertz CT molecular complexity index is 716. The Morgan fingerprint density at radius 1 is 0.857 bits per heavy atom. The largest absolute Gasteiger partial charge is 0.469 e. The average Bonchev–Trinajstić information content (AvgIpc) is 2.76. The van der Waals surface area contributed by atoms with Crippen molar-refractivity contribution in [3.8, 4) is 0 Å². The third-order valence-electron chi connectivity index (χ3n) is 5.52. The van der Waals surface area contributed by atoms with Gasteiger partial charge in [-0.3, -0.25) is 4.79 Å². The van der Waals surface area contributed by atoms with E-state index in [0.29, 0.717) is 6.42 Å². The van der Waals surface area contributed by atoms with Crippen molar-refractivity contribution in [2.45, 2.75) is 38.5 Å². The summed E-state index contributed by atoms with van der Waals surface area (Å²) in [6, 6.07) is 21.6. The van der Waals surface area contributed by atoms with E-state index in [4.69, 9.17) is 4.74 Å². The van der Waals surface area contributed by atoms with Gasteiger partial charge in [0.2, 0.25) is 0 Å². The van der Waals surface area contributed by atoms with E-state index in [1.165, 1.54) is 23.8 Å². The second-order valence-corrected chi connectivity index (χ2v) is 7.44. The molecule has 0 atom stereocenters. The molecule has 0 spiro atoms. The van der Waals surface area contributed by atoms with Gasteiger partial charge >= 0.3 is 5.97 Å². The summed E-state index contributed by atoms with van der Waals surface area (Å²) < 4.78 is 4.70. The van der Waals surface area contributed by atoms with E-state index in [-0.39, 0.29) is 5.97 Å². The molecule has 0 aromatic heterocycles. The van der Waals surface area contributed by atoms with Crippen LogP contribution in [0.15, 0.2) is 66.2 Å². The van der Waals surface area contributed by atoms with Crippen molar-refractivity contribution in [2.75, 3.05) is 26.7 Å². The van der Waals surface area contributed by atoms with Crippen LogP contribution < -0.4 is 0 Å². The lowest BCUT2D eigenvalue weighted by atomic mass is 9.88.